The second-order valence-electron chi connectivity index (χ2n) is 6.00. The van der Waals surface area contributed by atoms with Crippen LogP contribution in [0, 0.1) is 5.92 Å². The molecular weight excluding hydrogens is 278 g/mol. The maximum absolute atomic E-state index is 12.1. The summed E-state index contributed by atoms with van der Waals surface area (Å²) in [6, 6.07) is 3.98. The van der Waals surface area contributed by atoms with Gasteiger partial charge in [0.1, 0.15) is 0 Å². The SMILES string of the molecule is O=C(NC1CCN(C(=O)/C=C/c2cccnc2)CC1)C1CC1. The van der Waals surface area contributed by atoms with Gasteiger partial charge in [0.25, 0.3) is 0 Å². The molecule has 2 aliphatic rings. The highest BCUT2D eigenvalue weighted by atomic mass is 16.2. The van der Waals surface area contributed by atoms with Gasteiger partial charge in [-0.3, -0.25) is 14.6 Å². The summed E-state index contributed by atoms with van der Waals surface area (Å²) >= 11 is 0. The van der Waals surface area contributed by atoms with E-state index in [2.05, 4.69) is 10.3 Å². The van der Waals surface area contributed by atoms with Gasteiger partial charge in [-0.2, -0.15) is 0 Å². The van der Waals surface area contributed by atoms with Gasteiger partial charge in [0, 0.05) is 43.5 Å². The number of carbonyl (C=O) groups excluding carboxylic acids is 2. The monoisotopic (exact) mass is 299 g/mol. The molecular formula is C17H21N3O2. The van der Waals surface area contributed by atoms with E-state index in [1.165, 1.54) is 0 Å². The number of pyridine rings is 1. The number of likely N-dealkylation sites (tertiary alicyclic amines) is 1. The van der Waals surface area contributed by atoms with Crippen molar-refractivity contribution >= 4 is 17.9 Å². The van der Waals surface area contributed by atoms with E-state index in [-0.39, 0.29) is 23.8 Å². The summed E-state index contributed by atoms with van der Waals surface area (Å²) in [5.41, 5.74) is 0.919. The Bertz CT molecular complexity index is 559. The van der Waals surface area contributed by atoms with Crippen molar-refractivity contribution in [1.82, 2.24) is 15.2 Å². The summed E-state index contributed by atoms with van der Waals surface area (Å²) in [7, 11) is 0. The minimum absolute atomic E-state index is 0.0239. The molecule has 22 heavy (non-hydrogen) atoms. The fourth-order valence-corrected chi connectivity index (χ4v) is 2.66. The average molecular weight is 299 g/mol. The molecule has 1 aliphatic carbocycles. The first kappa shape index (κ1) is 14.8. The van der Waals surface area contributed by atoms with E-state index in [9.17, 15) is 9.59 Å². The number of hydrogen-bond donors (Lipinski definition) is 1. The fraction of sp³-hybridized carbons (Fsp3) is 0.471. The van der Waals surface area contributed by atoms with E-state index in [0.717, 1.165) is 31.2 Å². The van der Waals surface area contributed by atoms with E-state index < -0.39 is 0 Å². The van der Waals surface area contributed by atoms with Crippen molar-refractivity contribution in [2.45, 2.75) is 31.7 Å². The molecule has 1 aromatic rings. The molecule has 116 valence electrons. The molecule has 3 rings (SSSR count). The summed E-state index contributed by atoms with van der Waals surface area (Å²) in [5, 5.41) is 3.09. The molecule has 2 heterocycles. The lowest BCUT2D eigenvalue weighted by atomic mass is 10.0. The van der Waals surface area contributed by atoms with Crippen molar-refractivity contribution in [3.8, 4) is 0 Å². The number of aromatic nitrogens is 1. The third-order valence-corrected chi connectivity index (χ3v) is 4.20. The summed E-state index contributed by atoms with van der Waals surface area (Å²) in [4.78, 5) is 29.7. The maximum atomic E-state index is 12.1. The third-order valence-electron chi connectivity index (χ3n) is 4.20. The van der Waals surface area contributed by atoms with Crippen LogP contribution in [0.3, 0.4) is 0 Å². The van der Waals surface area contributed by atoms with E-state index in [1.807, 2.05) is 17.0 Å². The van der Waals surface area contributed by atoms with Crippen molar-refractivity contribution < 1.29 is 9.59 Å². The maximum Gasteiger partial charge on any atom is 0.246 e. The third kappa shape index (κ3) is 3.93. The Morgan fingerprint density at radius 2 is 2.00 bits per heavy atom. The van der Waals surface area contributed by atoms with Crippen molar-refractivity contribution in [2.75, 3.05) is 13.1 Å². The number of amides is 2. The lowest BCUT2D eigenvalue weighted by molar-refractivity contribution is -0.127. The van der Waals surface area contributed by atoms with Crippen LogP contribution >= 0.6 is 0 Å². The zero-order chi connectivity index (χ0) is 15.4. The van der Waals surface area contributed by atoms with Crippen LogP contribution in [0.15, 0.2) is 30.6 Å². The van der Waals surface area contributed by atoms with Gasteiger partial charge in [0.05, 0.1) is 0 Å². The molecule has 0 atom stereocenters. The largest absolute Gasteiger partial charge is 0.353 e. The van der Waals surface area contributed by atoms with E-state index >= 15 is 0 Å². The van der Waals surface area contributed by atoms with Crippen molar-refractivity contribution in [2.24, 2.45) is 5.92 Å². The zero-order valence-electron chi connectivity index (χ0n) is 12.6. The lowest BCUT2D eigenvalue weighted by Crippen LogP contribution is -2.46. The highest BCUT2D eigenvalue weighted by molar-refractivity contribution is 5.91. The molecule has 0 unspecified atom stereocenters. The highest BCUT2D eigenvalue weighted by Crippen LogP contribution is 2.29. The van der Waals surface area contributed by atoms with Crippen LogP contribution < -0.4 is 5.32 Å². The molecule has 1 saturated carbocycles. The van der Waals surface area contributed by atoms with Gasteiger partial charge in [-0.05, 0) is 43.4 Å². The van der Waals surface area contributed by atoms with Gasteiger partial charge in [-0.25, -0.2) is 0 Å². The van der Waals surface area contributed by atoms with Crippen LogP contribution in [0.5, 0.6) is 0 Å². The van der Waals surface area contributed by atoms with Gasteiger partial charge >= 0.3 is 0 Å². The number of piperidine rings is 1. The molecule has 0 bridgehead atoms. The molecule has 1 N–H and O–H groups in total. The molecule has 2 amide bonds. The molecule has 5 heteroatoms. The highest BCUT2D eigenvalue weighted by Gasteiger charge is 2.32. The smallest absolute Gasteiger partial charge is 0.246 e. The Hall–Kier alpha value is -2.17. The molecule has 1 aliphatic heterocycles. The molecule has 5 nitrogen and oxygen atoms in total. The van der Waals surface area contributed by atoms with Crippen LogP contribution in [-0.2, 0) is 9.59 Å². The second-order valence-corrected chi connectivity index (χ2v) is 6.00. The Balaban J connectivity index is 1.45. The van der Waals surface area contributed by atoms with Crippen molar-refractivity contribution in [3.05, 3.63) is 36.2 Å². The topological polar surface area (TPSA) is 62.3 Å². The van der Waals surface area contributed by atoms with E-state index in [4.69, 9.17) is 0 Å². The first-order chi connectivity index (χ1) is 10.7. The molecule has 1 saturated heterocycles. The van der Waals surface area contributed by atoms with Gasteiger partial charge in [-0.1, -0.05) is 6.07 Å². The number of hydrogen-bond acceptors (Lipinski definition) is 3. The average Bonchev–Trinajstić information content (AvgIpc) is 3.39. The van der Waals surface area contributed by atoms with Gasteiger partial charge in [-0.15, -0.1) is 0 Å². The van der Waals surface area contributed by atoms with Crippen LogP contribution in [0.2, 0.25) is 0 Å². The first-order valence-corrected chi connectivity index (χ1v) is 7.90. The summed E-state index contributed by atoms with van der Waals surface area (Å²) in [6.07, 6.45) is 10.6. The minimum Gasteiger partial charge on any atom is -0.353 e. The molecule has 2 fully saturated rings. The minimum atomic E-state index is 0.0239. The normalized spacial score (nSPS) is 19.4. The van der Waals surface area contributed by atoms with Crippen molar-refractivity contribution in [3.63, 3.8) is 0 Å². The van der Waals surface area contributed by atoms with Crippen LogP contribution in [0.4, 0.5) is 0 Å². The fourth-order valence-electron chi connectivity index (χ4n) is 2.66. The summed E-state index contributed by atoms with van der Waals surface area (Å²) in [5.74, 6) is 0.471. The van der Waals surface area contributed by atoms with Gasteiger partial charge in [0.2, 0.25) is 11.8 Å². The number of nitrogens with zero attached hydrogens (tertiary/aromatic N) is 2. The Morgan fingerprint density at radius 1 is 1.23 bits per heavy atom. The van der Waals surface area contributed by atoms with Gasteiger partial charge < -0.3 is 10.2 Å². The quantitative estimate of drug-likeness (QED) is 0.859. The second kappa shape index (κ2) is 6.73. The molecule has 0 aromatic carbocycles. The molecule has 1 aromatic heterocycles. The Labute approximate surface area is 130 Å². The van der Waals surface area contributed by atoms with Crippen LogP contribution in [-0.4, -0.2) is 40.8 Å². The zero-order valence-corrected chi connectivity index (χ0v) is 12.6. The van der Waals surface area contributed by atoms with E-state index in [1.54, 1.807) is 24.5 Å². The molecule has 0 radical (unpaired) electrons. The predicted molar refractivity (Wildman–Crippen MR) is 83.7 cm³/mol. The first-order valence-electron chi connectivity index (χ1n) is 7.90. The predicted octanol–water partition coefficient (Wildman–Crippen LogP) is 1.61. The number of carbonyl (C=O) groups is 2. The lowest BCUT2D eigenvalue weighted by Gasteiger charge is -2.31. The van der Waals surface area contributed by atoms with Crippen LogP contribution in [0.1, 0.15) is 31.2 Å². The number of nitrogens with one attached hydrogen (secondary N) is 1. The Kier molecular flexibility index (Phi) is 4.51. The van der Waals surface area contributed by atoms with Gasteiger partial charge in [0.15, 0.2) is 0 Å². The van der Waals surface area contributed by atoms with Crippen molar-refractivity contribution in [1.29, 1.82) is 0 Å². The van der Waals surface area contributed by atoms with E-state index in [0.29, 0.717) is 13.1 Å². The number of rotatable bonds is 4. The molecule has 0 spiro atoms. The summed E-state index contributed by atoms with van der Waals surface area (Å²) < 4.78 is 0. The van der Waals surface area contributed by atoms with Crippen LogP contribution in [0.25, 0.3) is 6.08 Å². The summed E-state index contributed by atoms with van der Waals surface area (Å²) in [6.45, 7) is 1.40. The Morgan fingerprint density at radius 3 is 2.64 bits per heavy atom. The standard InChI is InChI=1S/C17H21N3O2/c21-16(6-3-13-2-1-9-18-12-13)20-10-7-15(8-11-20)19-17(22)14-4-5-14/h1-3,6,9,12,14-15H,4-5,7-8,10-11H2,(H,19,22)/b6-3+.